The van der Waals surface area contributed by atoms with Gasteiger partial charge < -0.3 is 9.47 Å². The summed E-state index contributed by atoms with van der Waals surface area (Å²) in [6.45, 7) is 0.439. The van der Waals surface area contributed by atoms with E-state index in [1.165, 1.54) is 0 Å². The molecule has 0 aliphatic carbocycles. The molecule has 0 spiro atoms. The highest BCUT2D eigenvalue weighted by Crippen LogP contribution is 2.26. The van der Waals surface area contributed by atoms with Gasteiger partial charge in [-0.3, -0.25) is 0 Å². The highest BCUT2D eigenvalue weighted by molar-refractivity contribution is 14.1. The molecule has 0 saturated heterocycles. The van der Waals surface area contributed by atoms with Crippen LogP contribution in [0, 0.1) is 3.57 Å². The summed E-state index contributed by atoms with van der Waals surface area (Å²) in [5.41, 5.74) is 2.64. The van der Waals surface area contributed by atoms with Crippen LogP contribution in [0.2, 0.25) is 10.0 Å². The van der Waals surface area contributed by atoms with Crippen molar-refractivity contribution in [2.24, 2.45) is 4.99 Å². The number of hydrogen-bond acceptors (Lipinski definition) is 4. The third-order valence-corrected chi connectivity index (χ3v) is 5.53. The summed E-state index contributed by atoms with van der Waals surface area (Å²) in [6, 6.07) is 20.3. The van der Waals surface area contributed by atoms with E-state index < -0.39 is 5.97 Å². The van der Waals surface area contributed by atoms with Crippen LogP contribution in [-0.2, 0) is 16.1 Å². The predicted octanol–water partition coefficient (Wildman–Crippen LogP) is 6.52. The van der Waals surface area contributed by atoms with Crippen molar-refractivity contribution in [2.75, 3.05) is 0 Å². The SMILES string of the molecule is O=C1OC(c2cc(I)ccc2Cl)=N/C1=C\c1ccc(OCc2ccc(Cl)cc2)cc1. The topological polar surface area (TPSA) is 47.9 Å². The minimum Gasteiger partial charge on any atom is -0.489 e. The zero-order valence-corrected chi connectivity index (χ0v) is 19.1. The molecule has 1 aliphatic heterocycles. The van der Waals surface area contributed by atoms with Gasteiger partial charge in [-0.05, 0) is 82.3 Å². The Kier molecular flexibility index (Phi) is 6.41. The van der Waals surface area contributed by atoms with Gasteiger partial charge in [-0.15, -0.1) is 0 Å². The molecule has 1 heterocycles. The second-order valence-electron chi connectivity index (χ2n) is 6.44. The van der Waals surface area contributed by atoms with E-state index in [4.69, 9.17) is 32.7 Å². The van der Waals surface area contributed by atoms with Gasteiger partial charge in [0.15, 0.2) is 5.70 Å². The van der Waals surface area contributed by atoms with E-state index in [1.54, 1.807) is 12.1 Å². The summed E-state index contributed by atoms with van der Waals surface area (Å²) in [5, 5.41) is 1.17. The molecule has 150 valence electrons. The molecule has 0 radical (unpaired) electrons. The van der Waals surface area contributed by atoms with E-state index >= 15 is 0 Å². The molecular weight excluding hydrogens is 536 g/mol. The molecule has 1 aliphatic rings. The van der Waals surface area contributed by atoms with Crippen LogP contribution in [0.25, 0.3) is 6.08 Å². The Labute approximate surface area is 197 Å². The molecule has 3 aromatic carbocycles. The Morgan fingerprint density at radius 2 is 1.73 bits per heavy atom. The number of aliphatic imine (C=N–C) groups is 1. The summed E-state index contributed by atoms with van der Waals surface area (Å²) in [4.78, 5) is 16.5. The van der Waals surface area contributed by atoms with Gasteiger partial charge in [-0.1, -0.05) is 47.5 Å². The van der Waals surface area contributed by atoms with Crippen molar-refractivity contribution in [2.45, 2.75) is 6.61 Å². The van der Waals surface area contributed by atoms with E-state index in [1.807, 2.05) is 60.7 Å². The molecule has 3 aromatic rings. The van der Waals surface area contributed by atoms with Gasteiger partial charge >= 0.3 is 5.97 Å². The maximum absolute atomic E-state index is 12.2. The summed E-state index contributed by atoms with van der Waals surface area (Å²) in [7, 11) is 0. The lowest BCUT2D eigenvalue weighted by molar-refractivity contribution is -0.129. The lowest BCUT2D eigenvalue weighted by Crippen LogP contribution is -2.06. The van der Waals surface area contributed by atoms with Crippen LogP contribution in [0.1, 0.15) is 16.7 Å². The minimum atomic E-state index is -0.511. The molecule has 4 nitrogen and oxygen atoms in total. The fourth-order valence-electron chi connectivity index (χ4n) is 2.75. The maximum Gasteiger partial charge on any atom is 0.363 e. The van der Waals surface area contributed by atoms with Crippen molar-refractivity contribution in [3.8, 4) is 5.75 Å². The average Bonchev–Trinajstić information content (AvgIpc) is 3.10. The molecule has 0 aromatic heterocycles. The lowest BCUT2D eigenvalue weighted by atomic mass is 10.2. The van der Waals surface area contributed by atoms with Crippen molar-refractivity contribution in [1.29, 1.82) is 0 Å². The van der Waals surface area contributed by atoms with Gasteiger partial charge in [0.1, 0.15) is 12.4 Å². The monoisotopic (exact) mass is 549 g/mol. The summed E-state index contributed by atoms with van der Waals surface area (Å²) in [6.07, 6.45) is 1.67. The van der Waals surface area contributed by atoms with Gasteiger partial charge in [-0.2, -0.15) is 0 Å². The number of carbonyl (C=O) groups is 1. The zero-order chi connectivity index (χ0) is 21.1. The first-order chi connectivity index (χ1) is 14.5. The van der Waals surface area contributed by atoms with Crippen molar-refractivity contribution in [3.05, 3.63) is 103 Å². The third kappa shape index (κ3) is 5.03. The first kappa shape index (κ1) is 20.9. The Hall–Kier alpha value is -2.35. The summed E-state index contributed by atoms with van der Waals surface area (Å²) < 4.78 is 12.1. The predicted molar refractivity (Wildman–Crippen MR) is 127 cm³/mol. The molecular formula is C23H14Cl2INO3. The number of esters is 1. The Morgan fingerprint density at radius 1 is 1.00 bits per heavy atom. The second-order valence-corrected chi connectivity index (χ2v) is 8.53. The van der Waals surface area contributed by atoms with E-state index in [2.05, 4.69) is 27.6 Å². The number of rotatable bonds is 5. The van der Waals surface area contributed by atoms with Crippen LogP contribution in [0.4, 0.5) is 0 Å². The third-order valence-electron chi connectivity index (χ3n) is 4.28. The number of hydrogen-bond donors (Lipinski definition) is 0. The quantitative estimate of drug-likeness (QED) is 0.207. The Balaban J connectivity index is 1.47. The van der Waals surface area contributed by atoms with Crippen LogP contribution >= 0.6 is 45.8 Å². The molecule has 0 N–H and O–H groups in total. The number of cyclic esters (lactones) is 1. The molecule has 30 heavy (non-hydrogen) atoms. The average molecular weight is 550 g/mol. The first-order valence-electron chi connectivity index (χ1n) is 8.93. The van der Waals surface area contributed by atoms with Crippen molar-refractivity contribution >= 4 is 63.7 Å². The summed E-state index contributed by atoms with van der Waals surface area (Å²) >= 11 is 14.3. The normalized spacial score (nSPS) is 14.6. The first-order valence-corrected chi connectivity index (χ1v) is 10.8. The zero-order valence-electron chi connectivity index (χ0n) is 15.4. The molecule has 7 heteroatoms. The van der Waals surface area contributed by atoms with Gasteiger partial charge in [0, 0.05) is 8.59 Å². The van der Waals surface area contributed by atoms with Crippen LogP contribution in [0.5, 0.6) is 5.75 Å². The Morgan fingerprint density at radius 3 is 2.47 bits per heavy atom. The van der Waals surface area contributed by atoms with Crippen LogP contribution < -0.4 is 4.74 Å². The van der Waals surface area contributed by atoms with Gasteiger partial charge in [0.2, 0.25) is 5.90 Å². The molecule has 0 fully saturated rings. The smallest absolute Gasteiger partial charge is 0.363 e. The number of benzene rings is 3. The molecule has 0 amide bonds. The van der Waals surface area contributed by atoms with Crippen LogP contribution in [0.3, 0.4) is 0 Å². The van der Waals surface area contributed by atoms with Gasteiger partial charge in [-0.25, -0.2) is 9.79 Å². The fraction of sp³-hybridized carbons (Fsp3) is 0.0435. The van der Waals surface area contributed by atoms with Crippen molar-refractivity contribution in [3.63, 3.8) is 0 Å². The largest absolute Gasteiger partial charge is 0.489 e. The van der Waals surface area contributed by atoms with Crippen molar-refractivity contribution < 1.29 is 14.3 Å². The van der Waals surface area contributed by atoms with Crippen LogP contribution in [-0.4, -0.2) is 11.9 Å². The minimum absolute atomic E-state index is 0.206. The number of carbonyl (C=O) groups excluding carboxylic acids is 1. The number of ether oxygens (including phenoxy) is 2. The maximum atomic E-state index is 12.2. The molecule has 0 atom stereocenters. The van der Waals surface area contributed by atoms with E-state index in [0.717, 1.165) is 20.4 Å². The van der Waals surface area contributed by atoms with E-state index in [0.29, 0.717) is 22.2 Å². The highest BCUT2D eigenvalue weighted by Gasteiger charge is 2.25. The van der Waals surface area contributed by atoms with E-state index in [-0.39, 0.29) is 11.6 Å². The van der Waals surface area contributed by atoms with E-state index in [9.17, 15) is 4.79 Å². The highest BCUT2D eigenvalue weighted by atomic mass is 127. The fourth-order valence-corrected chi connectivity index (χ4v) is 3.57. The molecule has 0 saturated carbocycles. The van der Waals surface area contributed by atoms with Gasteiger partial charge in [0.25, 0.3) is 0 Å². The Bertz CT molecular complexity index is 1160. The standard InChI is InChI=1S/C23H14Cl2INO3/c24-16-5-1-15(2-6-16)13-29-18-8-3-14(4-9-18)11-21-23(28)30-22(27-21)19-12-17(26)7-10-20(19)25/h1-12H,13H2/b21-11-. The second kappa shape index (κ2) is 9.20. The van der Waals surface area contributed by atoms with Crippen molar-refractivity contribution in [1.82, 2.24) is 0 Å². The molecule has 0 unspecified atom stereocenters. The van der Waals surface area contributed by atoms with Gasteiger partial charge in [0.05, 0.1) is 10.6 Å². The molecule has 0 bridgehead atoms. The molecule has 4 rings (SSSR count). The lowest BCUT2D eigenvalue weighted by Gasteiger charge is -2.06. The summed E-state index contributed by atoms with van der Waals surface area (Å²) in [5.74, 6) is 0.414. The number of halogens is 3. The van der Waals surface area contributed by atoms with Crippen LogP contribution in [0.15, 0.2) is 77.4 Å². The number of nitrogens with zero attached hydrogens (tertiary/aromatic N) is 1.